The van der Waals surface area contributed by atoms with Crippen molar-refractivity contribution in [1.82, 2.24) is 0 Å². The summed E-state index contributed by atoms with van der Waals surface area (Å²) in [5, 5.41) is 0. The molecule has 1 rings (SSSR count). The summed E-state index contributed by atoms with van der Waals surface area (Å²) in [6.07, 6.45) is 3.10. The molecular weight excluding hydrogens is 311 g/mol. The Balaban J connectivity index is 3.11. The summed E-state index contributed by atoms with van der Waals surface area (Å²) in [4.78, 5) is 20.2. The second-order valence-corrected chi connectivity index (χ2v) is 8.39. The molecule has 23 heavy (non-hydrogen) atoms. The van der Waals surface area contributed by atoms with E-state index in [-0.39, 0.29) is 16.6 Å². The summed E-state index contributed by atoms with van der Waals surface area (Å²) in [6.45, 7) is 12.5. The molecule has 5 heteroatoms. The first-order chi connectivity index (χ1) is 10.4. The van der Waals surface area contributed by atoms with Crippen molar-refractivity contribution in [2.75, 3.05) is 6.61 Å². The lowest BCUT2D eigenvalue weighted by atomic mass is 9.79. The molecule has 0 amide bonds. The molecule has 126 valence electrons. The number of hydrogen-bond donors (Lipinski definition) is 1. The summed E-state index contributed by atoms with van der Waals surface area (Å²) < 4.78 is 14.8. The Morgan fingerprint density at radius 3 is 1.96 bits per heavy atom. The normalized spacial score (nSPS) is 13.4. The van der Waals surface area contributed by atoms with Crippen LogP contribution in [0.3, 0.4) is 0 Å². The molecule has 1 N–H and O–H groups in total. The number of hydrogen-bond acceptors (Lipinski definition) is 3. The molecule has 1 atom stereocenters. The Hall–Kier alpha value is -1.35. The maximum Gasteiger partial charge on any atom is 0.695 e. The Morgan fingerprint density at radius 2 is 1.57 bits per heavy atom. The molecule has 0 aliphatic heterocycles. The van der Waals surface area contributed by atoms with Crippen molar-refractivity contribution in [1.29, 1.82) is 0 Å². The fourth-order valence-corrected chi connectivity index (χ4v) is 2.21. The van der Waals surface area contributed by atoms with E-state index in [4.69, 9.17) is 4.89 Å². The summed E-state index contributed by atoms with van der Waals surface area (Å²) in [7, 11) is -2.74. The minimum absolute atomic E-state index is 0.00620. The molecule has 1 unspecified atom stereocenters. The highest BCUT2D eigenvalue weighted by Gasteiger charge is 2.20. The van der Waals surface area contributed by atoms with Crippen molar-refractivity contribution in [3.05, 3.63) is 41.0 Å². The first-order valence-electron chi connectivity index (χ1n) is 7.55. The van der Waals surface area contributed by atoms with Gasteiger partial charge in [-0.25, -0.2) is 0 Å². The van der Waals surface area contributed by atoms with E-state index < -0.39 is 14.9 Å². The van der Waals surface area contributed by atoms with Crippen molar-refractivity contribution in [2.45, 2.75) is 52.4 Å². The van der Waals surface area contributed by atoms with Gasteiger partial charge in [-0.15, -0.1) is 9.42 Å². The number of rotatable bonds is 5. The molecule has 1 aromatic carbocycles. The van der Waals surface area contributed by atoms with Gasteiger partial charge in [-0.1, -0.05) is 65.8 Å². The van der Waals surface area contributed by atoms with E-state index in [2.05, 4.69) is 64.3 Å². The van der Waals surface area contributed by atoms with E-state index in [1.54, 1.807) is 6.08 Å². The van der Waals surface area contributed by atoms with Crippen LogP contribution in [0.1, 0.15) is 58.2 Å². The van der Waals surface area contributed by atoms with Gasteiger partial charge in [0.1, 0.15) is 0 Å². The Kier molecular flexibility index (Phi) is 6.41. The first-order valence-corrected chi connectivity index (χ1v) is 8.68. The summed E-state index contributed by atoms with van der Waals surface area (Å²) in [5.41, 5.74) is 3.35. The molecule has 0 aliphatic rings. The lowest BCUT2D eigenvalue weighted by molar-refractivity contribution is -0.116. The average molecular weight is 337 g/mol. The predicted molar refractivity (Wildman–Crippen MR) is 93.7 cm³/mol. The highest BCUT2D eigenvalue weighted by atomic mass is 31.1. The van der Waals surface area contributed by atoms with Gasteiger partial charge in [0.25, 0.3) is 0 Å². The number of carbonyl (C=O) groups is 1. The van der Waals surface area contributed by atoms with Crippen LogP contribution in [0.4, 0.5) is 0 Å². The zero-order valence-corrected chi connectivity index (χ0v) is 15.6. The van der Waals surface area contributed by atoms with E-state index >= 15 is 0 Å². The SMILES string of the molecule is CC(C)(C)c1cc(/C=C/C(=O)CO[P+](=O)O)cc(C(C)(C)C)c1. The largest absolute Gasteiger partial charge is 0.695 e. The third-order valence-electron chi connectivity index (χ3n) is 3.47. The van der Waals surface area contributed by atoms with Crippen LogP contribution in [0.15, 0.2) is 24.3 Å². The molecule has 0 spiro atoms. The molecule has 0 saturated carbocycles. The van der Waals surface area contributed by atoms with Crippen LogP contribution < -0.4 is 0 Å². The zero-order chi connectivity index (χ0) is 17.8. The number of ketones is 1. The van der Waals surface area contributed by atoms with Crippen LogP contribution in [-0.2, 0) is 24.7 Å². The van der Waals surface area contributed by atoms with Gasteiger partial charge in [-0.05, 0) is 33.6 Å². The quantitative estimate of drug-likeness (QED) is 0.633. The molecule has 4 nitrogen and oxygen atoms in total. The van der Waals surface area contributed by atoms with Crippen LogP contribution in [0.5, 0.6) is 0 Å². The molecule has 0 bridgehead atoms. The van der Waals surface area contributed by atoms with Crippen LogP contribution in [0.2, 0.25) is 0 Å². The third-order valence-corrected chi connectivity index (χ3v) is 3.82. The minimum atomic E-state index is -2.74. The van der Waals surface area contributed by atoms with Crippen LogP contribution >= 0.6 is 8.25 Å². The molecule has 0 aliphatic carbocycles. The van der Waals surface area contributed by atoms with E-state index in [9.17, 15) is 9.36 Å². The van der Waals surface area contributed by atoms with Gasteiger partial charge in [-0.2, -0.15) is 0 Å². The van der Waals surface area contributed by atoms with Crippen LogP contribution in [-0.4, -0.2) is 17.3 Å². The van der Waals surface area contributed by atoms with Crippen LogP contribution in [0.25, 0.3) is 6.08 Å². The van der Waals surface area contributed by atoms with Crippen molar-refractivity contribution in [3.8, 4) is 0 Å². The molecule has 0 saturated heterocycles. The van der Waals surface area contributed by atoms with Gasteiger partial charge in [0.05, 0.1) is 0 Å². The van der Waals surface area contributed by atoms with Crippen molar-refractivity contribution in [2.24, 2.45) is 0 Å². The first kappa shape index (κ1) is 19.7. The molecule has 0 radical (unpaired) electrons. The summed E-state index contributed by atoms with van der Waals surface area (Å²) in [5.74, 6) is -0.346. The Labute approximate surface area is 139 Å². The second-order valence-electron chi connectivity index (χ2n) is 7.65. The monoisotopic (exact) mass is 337 g/mol. The average Bonchev–Trinajstić information content (AvgIpc) is 2.40. The summed E-state index contributed by atoms with van der Waals surface area (Å²) in [6, 6.07) is 6.33. The van der Waals surface area contributed by atoms with Gasteiger partial charge in [0.15, 0.2) is 12.4 Å². The molecule has 1 aromatic rings. The third kappa shape index (κ3) is 6.74. The lowest BCUT2D eigenvalue weighted by Crippen LogP contribution is -2.16. The minimum Gasteiger partial charge on any atom is -0.292 e. The number of carbonyl (C=O) groups excluding carboxylic acids is 1. The van der Waals surface area contributed by atoms with Gasteiger partial charge >= 0.3 is 8.25 Å². The lowest BCUT2D eigenvalue weighted by Gasteiger charge is -2.25. The maximum atomic E-state index is 11.6. The molecule has 0 fully saturated rings. The molecule has 0 heterocycles. The highest BCUT2D eigenvalue weighted by molar-refractivity contribution is 7.32. The van der Waals surface area contributed by atoms with E-state index in [0.717, 1.165) is 5.56 Å². The summed E-state index contributed by atoms with van der Waals surface area (Å²) >= 11 is 0. The molecule has 0 aromatic heterocycles. The van der Waals surface area contributed by atoms with Gasteiger partial charge in [0.2, 0.25) is 0 Å². The van der Waals surface area contributed by atoms with E-state index in [1.807, 2.05) is 0 Å². The van der Waals surface area contributed by atoms with Crippen molar-refractivity contribution < 1.29 is 18.8 Å². The standard InChI is InChI=1S/C18H25O4P/c1-17(2,3)14-9-13(10-15(11-14)18(4,5)6)7-8-16(19)12-22-23(20)21/h7-11H,12H2,1-6H3/p+1/b8-7+. The number of benzene rings is 1. The van der Waals surface area contributed by atoms with Gasteiger partial charge in [-0.3, -0.25) is 4.79 Å². The maximum absolute atomic E-state index is 11.6. The second kappa shape index (κ2) is 7.48. The zero-order valence-electron chi connectivity index (χ0n) is 14.7. The van der Waals surface area contributed by atoms with Crippen LogP contribution in [0, 0.1) is 0 Å². The van der Waals surface area contributed by atoms with Crippen molar-refractivity contribution in [3.63, 3.8) is 0 Å². The fraction of sp³-hybridized carbons (Fsp3) is 0.500. The van der Waals surface area contributed by atoms with Crippen molar-refractivity contribution >= 4 is 20.1 Å². The molecular formula is C18H26O4P+. The smallest absolute Gasteiger partial charge is 0.292 e. The van der Waals surface area contributed by atoms with Gasteiger partial charge in [0, 0.05) is 4.57 Å². The Morgan fingerprint density at radius 1 is 1.09 bits per heavy atom. The van der Waals surface area contributed by atoms with E-state index in [0.29, 0.717) is 0 Å². The highest BCUT2D eigenvalue weighted by Crippen LogP contribution is 2.30. The topological polar surface area (TPSA) is 63.6 Å². The fourth-order valence-electron chi connectivity index (χ4n) is 1.97. The Bertz CT molecular complexity index is 587. The van der Waals surface area contributed by atoms with E-state index in [1.165, 1.54) is 17.2 Å². The van der Waals surface area contributed by atoms with Gasteiger partial charge < -0.3 is 0 Å². The predicted octanol–water partition coefficient (Wildman–Crippen LogP) is 4.53.